The first-order chi connectivity index (χ1) is 16.1. The van der Waals surface area contributed by atoms with Crippen molar-refractivity contribution in [2.24, 2.45) is 0 Å². The van der Waals surface area contributed by atoms with Gasteiger partial charge in [-0.05, 0) is 65.8 Å². The number of fused-ring (bicyclic) bond motifs is 1. The fourth-order valence-electron chi connectivity index (χ4n) is 4.12. The third-order valence-corrected chi connectivity index (χ3v) is 6.41. The molecular weight excluding hydrogens is 464 g/mol. The molecule has 3 aromatic rings. The van der Waals surface area contributed by atoms with Gasteiger partial charge in [0.15, 0.2) is 11.5 Å². The maximum atomic E-state index is 13.2. The number of rotatable bonds is 7. The van der Waals surface area contributed by atoms with Crippen molar-refractivity contribution in [2.45, 2.75) is 42.9 Å². The highest BCUT2D eigenvalue weighted by molar-refractivity contribution is 7.80. The Kier molecular flexibility index (Phi) is 10.3. The highest BCUT2D eigenvalue weighted by Crippen LogP contribution is 2.51. The minimum atomic E-state index is -0.370. The topological polar surface area (TPSA) is 108 Å². The molecule has 5 rings (SSSR count). The second kappa shape index (κ2) is 12.7. The summed E-state index contributed by atoms with van der Waals surface area (Å²) in [6.45, 7) is 3.23. The van der Waals surface area contributed by atoms with E-state index in [0.717, 1.165) is 64.5 Å². The molecule has 0 bridgehead atoms. The van der Waals surface area contributed by atoms with E-state index in [1.54, 1.807) is 7.11 Å². The van der Waals surface area contributed by atoms with Crippen LogP contribution in [0.15, 0.2) is 71.6 Å². The van der Waals surface area contributed by atoms with Gasteiger partial charge in [0.2, 0.25) is 6.79 Å². The molecule has 4 N–H and O–H groups in total. The number of carbonyl (C=O) groups excluding carboxylic acids is 1. The summed E-state index contributed by atoms with van der Waals surface area (Å²) in [5, 5.41) is 0. The summed E-state index contributed by atoms with van der Waals surface area (Å²) >= 11 is 4.35. The third-order valence-electron chi connectivity index (χ3n) is 6.11. The van der Waals surface area contributed by atoms with E-state index >= 15 is 0 Å². The van der Waals surface area contributed by atoms with Crippen LogP contribution in [-0.4, -0.2) is 37.2 Å². The SMILES string of the molecule is CCCOC.O.O.O=C(Cc1cccc(-c2ccc(S)cc2)c1)C1(c2ccc3c(c2)OCO3)CC1. The minimum Gasteiger partial charge on any atom is -0.454 e. The monoisotopic (exact) mass is 498 g/mol. The van der Waals surface area contributed by atoms with E-state index in [1.165, 1.54) is 0 Å². The first-order valence-electron chi connectivity index (χ1n) is 11.4. The smallest absolute Gasteiger partial charge is 0.231 e. The van der Waals surface area contributed by atoms with Crippen LogP contribution in [-0.2, 0) is 21.4 Å². The van der Waals surface area contributed by atoms with Gasteiger partial charge in [0.1, 0.15) is 5.78 Å². The van der Waals surface area contributed by atoms with Gasteiger partial charge in [-0.2, -0.15) is 0 Å². The van der Waals surface area contributed by atoms with E-state index in [0.29, 0.717) is 6.42 Å². The van der Waals surface area contributed by atoms with Crippen molar-refractivity contribution in [3.8, 4) is 22.6 Å². The Hall–Kier alpha value is -2.84. The van der Waals surface area contributed by atoms with Crippen molar-refractivity contribution in [2.75, 3.05) is 20.5 Å². The summed E-state index contributed by atoms with van der Waals surface area (Å²) in [4.78, 5) is 14.1. The van der Waals surface area contributed by atoms with Crippen LogP contribution in [0, 0.1) is 0 Å². The maximum Gasteiger partial charge on any atom is 0.231 e. The number of thiol groups is 1. The molecule has 7 heteroatoms. The van der Waals surface area contributed by atoms with E-state index in [1.807, 2.05) is 42.5 Å². The molecule has 0 aromatic heterocycles. The Morgan fingerprint density at radius 2 is 1.66 bits per heavy atom. The van der Waals surface area contributed by atoms with E-state index in [2.05, 4.69) is 43.8 Å². The van der Waals surface area contributed by atoms with E-state index in [9.17, 15) is 4.79 Å². The number of hydrogen-bond donors (Lipinski definition) is 1. The van der Waals surface area contributed by atoms with E-state index in [4.69, 9.17) is 14.2 Å². The van der Waals surface area contributed by atoms with Gasteiger partial charge in [-0.25, -0.2) is 0 Å². The zero-order valence-electron chi connectivity index (χ0n) is 20.2. The summed E-state index contributed by atoms with van der Waals surface area (Å²) in [5.74, 6) is 1.77. The molecule has 1 saturated carbocycles. The lowest BCUT2D eigenvalue weighted by Gasteiger charge is -2.15. The molecule has 1 aliphatic heterocycles. The van der Waals surface area contributed by atoms with Gasteiger partial charge >= 0.3 is 0 Å². The summed E-state index contributed by atoms with van der Waals surface area (Å²) in [5.41, 5.74) is 3.97. The number of ketones is 1. The lowest BCUT2D eigenvalue weighted by Crippen LogP contribution is -2.22. The van der Waals surface area contributed by atoms with Crippen molar-refractivity contribution in [1.29, 1.82) is 0 Å². The molecular formula is C28H34O6S. The second-order valence-electron chi connectivity index (χ2n) is 8.49. The predicted octanol–water partition coefficient (Wildman–Crippen LogP) is 4.61. The molecule has 35 heavy (non-hydrogen) atoms. The Bertz CT molecular complexity index is 1110. The zero-order valence-corrected chi connectivity index (χ0v) is 21.1. The second-order valence-corrected chi connectivity index (χ2v) is 9.01. The molecule has 1 heterocycles. The van der Waals surface area contributed by atoms with Crippen LogP contribution in [0.5, 0.6) is 11.5 Å². The molecule has 6 nitrogen and oxygen atoms in total. The van der Waals surface area contributed by atoms with Gasteiger partial charge in [-0.15, -0.1) is 12.6 Å². The molecule has 1 fully saturated rings. The lowest BCUT2D eigenvalue weighted by atomic mass is 9.87. The fourth-order valence-corrected chi connectivity index (χ4v) is 4.27. The van der Waals surface area contributed by atoms with Crippen molar-refractivity contribution in [3.05, 3.63) is 77.9 Å². The largest absolute Gasteiger partial charge is 0.454 e. The van der Waals surface area contributed by atoms with Crippen LogP contribution in [0.3, 0.4) is 0 Å². The highest BCUT2D eigenvalue weighted by Gasteiger charge is 2.50. The Labute approximate surface area is 212 Å². The minimum absolute atomic E-state index is 0. The normalized spacial score (nSPS) is 14.0. The van der Waals surface area contributed by atoms with Crippen LogP contribution in [0.4, 0.5) is 0 Å². The maximum absolute atomic E-state index is 13.2. The molecule has 0 atom stereocenters. The predicted molar refractivity (Wildman–Crippen MR) is 141 cm³/mol. The molecule has 188 valence electrons. The van der Waals surface area contributed by atoms with E-state index in [-0.39, 0.29) is 28.9 Å². The van der Waals surface area contributed by atoms with Crippen molar-refractivity contribution in [3.63, 3.8) is 0 Å². The highest BCUT2D eigenvalue weighted by atomic mass is 32.1. The molecule has 0 amide bonds. The summed E-state index contributed by atoms with van der Waals surface area (Å²) in [6, 6.07) is 22.2. The molecule has 1 aliphatic carbocycles. The van der Waals surface area contributed by atoms with Crippen molar-refractivity contribution < 1.29 is 30.0 Å². The van der Waals surface area contributed by atoms with Crippen LogP contribution in [0.2, 0.25) is 0 Å². The zero-order chi connectivity index (χ0) is 23.3. The fraction of sp³-hybridized carbons (Fsp3) is 0.321. The van der Waals surface area contributed by atoms with Gasteiger partial charge < -0.3 is 25.2 Å². The van der Waals surface area contributed by atoms with Crippen molar-refractivity contribution in [1.82, 2.24) is 0 Å². The Morgan fingerprint density at radius 1 is 0.943 bits per heavy atom. The average molecular weight is 499 g/mol. The quantitative estimate of drug-likeness (QED) is 0.480. The number of hydrogen-bond acceptors (Lipinski definition) is 5. The Morgan fingerprint density at radius 3 is 2.29 bits per heavy atom. The number of benzene rings is 3. The van der Waals surface area contributed by atoms with Gasteiger partial charge in [0.25, 0.3) is 0 Å². The molecule has 3 aromatic carbocycles. The molecule has 0 unspecified atom stereocenters. The third kappa shape index (κ3) is 6.64. The standard InChI is InChI=1S/C24H20O3S.C4H10O.2H2O/c25-23(24(10-11-24)19-6-9-21-22(14-19)27-15-26-21)13-16-2-1-3-18(12-16)17-4-7-20(28)8-5-17;1-3-4-5-2;;/h1-9,12,14,28H,10-11,13,15H2;3-4H2,1-2H3;2*1H2. The van der Waals surface area contributed by atoms with Crippen molar-refractivity contribution >= 4 is 18.4 Å². The summed E-state index contributed by atoms with van der Waals surface area (Å²) < 4.78 is 15.6. The number of ether oxygens (including phenoxy) is 3. The first-order valence-corrected chi connectivity index (χ1v) is 11.8. The molecule has 0 spiro atoms. The summed E-state index contributed by atoms with van der Waals surface area (Å²) in [7, 11) is 1.71. The van der Waals surface area contributed by atoms with Crippen LogP contribution >= 0.6 is 12.6 Å². The van der Waals surface area contributed by atoms with Gasteiger partial charge in [-0.3, -0.25) is 4.79 Å². The van der Waals surface area contributed by atoms with Crippen LogP contribution < -0.4 is 9.47 Å². The number of methoxy groups -OCH3 is 1. The number of Topliss-reactive ketones (excluding diaryl/α,β-unsaturated/α-hetero) is 1. The van der Waals surface area contributed by atoms with Gasteiger partial charge in [0, 0.05) is 25.0 Å². The van der Waals surface area contributed by atoms with Crippen LogP contribution in [0.25, 0.3) is 11.1 Å². The van der Waals surface area contributed by atoms with E-state index < -0.39 is 0 Å². The van der Waals surface area contributed by atoms with Gasteiger partial charge in [0.05, 0.1) is 5.41 Å². The van der Waals surface area contributed by atoms with Crippen LogP contribution in [0.1, 0.15) is 37.3 Å². The van der Waals surface area contributed by atoms with Gasteiger partial charge in [-0.1, -0.05) is 49.4 Å². The molecule has 2 aliphatic rings. The average Bonchev–Trinajstić information content (AvgIpc) is 3.51. The summed E-state index contributed by atoms with van der Waals surface area (Å²) in [6.07, 6.45) is 3.35. The molecule has 0 saturated heterocycles. The Balaban J connectivity index is 0.000000565. The first kappa shape index (κ1) is 28.4. The molecule has 0 radical (unpaired) electrons. The number of carbonyl (C=O) groups is 1. The lowest BCUT2D eigenvalue weighted by molar-refractivity contribution is -0.120.